The van der Waals surface area contributed by atoms with Crippen molar-refractivity contribution in [2.45, 2.75) is 19.5 Å². The van der Waals surface area contributed by atoms with Gasteiger partial charge in [-0.1, -0.05) is 23.7 Å². The van der Waals surface area contributed by atoms with E-state index in [9.17, 15) is 0 Å². The lowest BCUT2D eigenvalue weighted by Gasteiger charge is -2.33. The highest BCUT2D eigenvalue weighted by Crippen LogP contribution is 2.32. The molecule has 0 N–H and O–H groups in total. The van der Waals surface area contributed by atoms with Crippen molar-refractivity contribution < 1.29 is 9.47 Å². The van der Waals surface area contributed by atoms with Crippen LogP contribution < -0.4 is 0 Å². The van der Waals surface area contributed by atoms with Gasteiger partial charge in [0.1, 0.15) is 0 Å². The molecule has 2 aromatic heterocycles. The van der Waals surface area contributed by atoms with Crippen LogP contribution in [-0.2, 0) is 9.47 Å². The number of benzene rings is 1. The highest BCUT2D eigenvalue weighted by atomic mass is 35.5. The molecule has 6 heteroatoms. The lowest BCUT2D eigenvalue weighted by atomic mass is 10.1. The third-order valence-corrected chi connectivity index (χ3v) is 3.65. The van der Waals surface area contributed by atoms with E-state index in [-0.39, 0.29) is 12.6 Å². The molecule has 1 saturated heterocycles. The summed E-state index contributed by atoms with van der Waals surface area (Å²) < 4.78 is 12.6. The van der Waals surface area contributed by atoms with E-state index in [1.165, 1.54) is 0 Å². The summed E-state index contributed by atoms with van der Waals surface area (Å²) in [6.45, 7) is 1.85. The van der Waals surface area contributed by atoms with Crippen LogP contribution in [0.3, 0.4) is 0 Å². The molecule has 1 aliphatic rings. The van der Waals surface area contributed by atoms with Gasteiger partial charge in [-0.15, -0.1) is 0 Å². The fraction of sp³-hybridized carbons (Fsp3) is 0.200. The quantitative estimate of drug-likeness (QED) is 0.727. The monoisotopic (exact) mass is 301 g/mol. The maximum absolute atomic E-state index is 6.04. The van der Waals surface area contributed by atoms with Crippen LogP contribution in [0.5, 0.6) is 0 Å². The first-order valence-corrected chi connectivity index (χ1v) is 6.98. The standard InChI is InChI=1S/C15H12ClN3O2/c1-9-20-15(21-9)11-6-17-14-13(7-18-19(14)8-11)10-3-2-4-12(16)5-10/h2-9,15H,1H3. The van der Waals surface area contributed by atoms with Crippen molar-refractivity contribution in [3.05, 3.63) is 53.4 Å². The Balaban J connectivity index is 1.75. The summed E-state index contributed by atoms with van der Waals surface area (Å²) in [5, 5.41) is 5.03. The highest BCUT2D eigenvalue weighted by Gasteiger charge is 2.29. The summed E-state index contributed by atoms with van der Waals surface area (Å²) in [5.74, 6) is 0. The van der Waals surface area contributed by atoms with Gasteiger partial charge >= 0.3 is 0 Å². The van der Waals surface area contributed by atoms with Crippen LogP contribution in [0.2, 0.25) is 5.02 Å². The first-order valence-electron chi connectivity index (χ1n) is 6.61. The van der Waals surface area contributed by atoms with Crippen molar-refractivity contribution >= 4 is 17.2 Å². The third-order valence-electron chi connectivity index (χ3n) is 3.41. The third kappa shape index (κ3) is 2.19. The van der Waals surface area contributed by atoms with E-state index in [1.807, 2.05) is 37.4 Å². The second kappa shape index (κ2) is 4.80. The molecule has 4 rings (SSSR count). The second-order valence-corrected chi connectivity index (χ2v) is 5.33. The van der Waals surface area contributed by atoms with Gasteiger partial charge in [-0.05, 0) is 24.6 Å². The molecular formula is C15H12ClN3O2. The number of rotatable bonds is 2. The van der Waals surface area contributed by atoms with Gasteiger partial charge in [0, 0.05) is 28.5 Å². The van der Waals surface area contributed by atoms with E-state index in [4.69, 9.17) is 21.1 Å². The van der Waals surface area contributed by atoms with Crippen molar-refractivity contribution in [3.8, 4) is 11.1 Å². The van der Waals surface area contributed by atoms with Crippen LogP contribution in [0.15, 0.2) is 42.9 Å². The summed E-state index contributed by atoms with van der Waals surface area (Å²) in [7, 11) is 0. The fourth-order valence-electron chi connectivity index (χ4n) is 2.39. The minimum atomic E-state index is -0.351. The molecule has 0 amide bonds. The van der Waals surface area contributed by atoms with Gasteiger partial charge in [-0.3, -0.25) is 0 Å². The molecule has 0 atom stereocenters. The van der Waals surface area contributed by atoms with E-state index in [0.717, 1.165) is 22.3 Å². The van der Waals surface area contributed by atoms with Crippen LogP contribution in [0.4, 0.5) is 0 Å². The van der Waals surface area contributed by atoms with E-state index < -0.39 is 0 Å². The SMILES string of the molecule is CC1OC(c2cnc3c(-c4cccc(Cl)c4)cnn3c2)O1. The van der Waals surface area contributed by atoms with Crippen molar-refractivity contribution in [2.24, 2.45) is 0 Å². The molecule has 0 unspecified atom stereocenters. The molecule has 0 spiro atoms. The van der Waals surface area contributed by atoms with Gasteiger partial charge in [-0.25, -0.2) is 9.50 Å². The molecule has 1 aromatic carbocycles. The van der Waals surface area contributed by atoms with Crippen molar-refractivity contribution in [2.75, 3.05) is 0 Å². The van der Waals surface area contributed by atoms with Crippen LogP contribution in [0, 0.1) is 0 Å². The molecule has 0 saturated carbocycles. The number of ether oxygens (including phenoxy) is 2. The number of nitrogens with zero attached hydrogens (tertiary/aromatic N) is 3. The summed E-state index contributed by atoms with van der Waals surface area (Å²) in [6.07, 6.45) is 4.89. The lowest BCUT2D eigenvalue weighted by Crippen LogP contribution is -2.31. The van der Waals surface area contributed by atoms with E-state index in [2.05, 4.69) is 10.1 Å². The first-order chi connectivity index (χ1) is 10.2. The summed E-state index contributed by atoms with van der Waals surface area (Å²) >= 11 is 6.04. The molecular weight excluding hydrogens is 290 g/mol. The zero-order chi connectivity index (χ0) is 14.4. The second-order valence-electron chi connectivity index (χ2n) is 4.90. The van der Waals surface area contributed by atoms with Gasteiger partial charge in [0.05, 0.1) is 6.20 Å². The highest BCUT2D eigenvalue weighted by molar-refractivity contribution is 6.30. The Morgan fingerprint density at radius 1 is 1.24 bits per heavy atom. The Bertz CT molecular complexity index is 812. The zero-order valence-electron chi connectivity index (χ0n) is 11.2. The average Bonchev–Trinajstić information content (AvgIpc) is 2.87. The number of hydrogen-bond donors (Lipinski definition) is 0. The van der Waals surface area contributed by atoms with Gasteiger partial charge < -0.3 is 9.47 Å². The van der Waals surface area contributed by atoms with Gasteiger partial charge in [0.2, 0.25) is 0 Å². The molecule has 3 heterocycles. The molecule has 5 nitrogen and oxygen atoms in total. The molecule has 0 radical (unpaired) electrons. The largest absolute Gasteiger partial charge is 0.319 e. The predicted molar refractivity (Wildman–Crippen MR) is 77.8 cm³/mol. The molecule has 3 aromatic rings. The van der Waals surface area contributed by atoms with E-state index >= 15 is 0 Å². The molecule has 1 aliphatic heterocycles. The van der Waals surface area contributed by atoms with Gasteiger partial charge in [-0.2, -0.15) is 5.10 Å². The Morgan fingerprint density at radius 3 is 2.86 bits per heavy atom. The fourth-order valence-corrected chi connectivity index (χ4v) is 2.58. The smallest absolute Gasteiger partial charge is 0.192 e. The minimum absolute atomic E-state index is 0.162. The normalized spacial score (nSPS) is 21.4. The number of aromatic nitrogens is 3. The average molecular weight is 302 g/mol. The lowest BCUT2D eigenvalue weighted by molar-refractivity contribution is -0.382. The van der Waals surface area contributed by atoms with Crippen LogP contribution in [0.25, 0.3) is 16.8 Å². The van der Waals surface area contributed by atoms with Crippen LogP contribution in [0.1, 0.15) is 18.8 Å². The number of halogens is 1. The summed E-state index contributed by atoms with van der Waals surface area (Å²) in [5.41, 5.74) is 3.55. The van der Waals surface area contributed by atoms with Crippen LogP contribution in [-0.4, -0.2) is 20.9 Å². The Morgan fingerprint density at radius 2 is 2.10 bits per heavy atom. The first kappa shape index (κ1) is 12.8. The maximum atomic E-state index is 6.04. The Labute approximate surface area is 126 Å². The molecule has 21 heavy (non-hydrogen) atoms. The molecule has 0 aliphatic carbocycles. The van der Waals surface area contributed by atoms with Crippen LogP contribution >= 0.6 is 11.6 Å². The molecule has 1 fully saturated rings. The predicted octanol–water partition coefficient (Wildman–Crippen LogP) is 3.44. The number of hydrogen-bond acceptors (Lipinski definition) is 4. The van der Waals surface area contributed by atoms with Crippen molar-refractivity contribution in [1.29, 1.82) is 0 Å². The topological polar surface area (TPSA) is 48.7 Å². The molecule has 106 valence electrons. The zero-order valence-corrected chi connectivity index (χ0v) is 12.0. The number of fused-ring (bicyclic) bond motifs is 1. The summed E-state index contributed by atoms with van der Waals surface area (Å²) in [4.78, 5) is 4.47. The van der Waals surface area contributed by atoms with Gasteiger partial charge in [0.15, 0.2) is 18.2 Å². The van der Waals surface area contributed by atoms with E-state index in [1.54, 1.807) is 16.9 Å². The van der Waals surface area contributed by atoms with Gasteiger partial charge in [0.25, 0.3) is 0 Å². The molecule has 0 bridgehead atoms. The summed E-state index contributed by atoms with van der Waals surface area (Å²) in [6, 6.07) is 7.63. The maximum Gasteiger partial charge on any atom is 0.192 e. The minimum Gasteiger partial charge on any atom is -0.319 e. The van der Waals surface area contributed by atoms with E-state index in [0.29, 0.717) is 5.02 Å². The Hall–Kier alpha value is -1.95. The van der Waals surface area contributed by atoms with Crippen molar-refractivity contribution in [1.82, 2.24) is 14.6 Å². The Kier molecular flexibility index (Phi) is 2.92. The van der Waals surface area contributed by atoms with Crippen molar-refractivity contribution in [3.63, 3.8) is 0 Å².